The van der Waals surface area contributed by atoms with E-state index >= 15 is 0 Å². The van der Waals surface area contributed by atoms with Gasteiger partial charge in [-0.15, -0.1) is 17.5 Å². The number of halogens is 1. The molecule has 2 heterocycles. The van der Waals surface area contributed by atoms with Crippen molar-refractivity contribution in [3.05, 3.63) is 35.7 Å². The van der Waals surface area contributed by atoms with Gasteiger partial charge >= 0.3 is 5.97 Å². The quantitative estimate of drug-likeness (QED) is 0.699. The summed E-state index contributed by atoms with van der Waals surface area (Å²) in [6.07, 6.45) is 1.93. The maximum atomic E-state index is 12.6. The van der Waals surface area contributed by atoms with Gasteiger partial charge in [-0.2, -0.15) is 0 Å². The van der Waals surface area contributed by atoms with Gasteiger partial charge in [-0.05, 0) is 45.0 Å². The van der Waals surface area contributed by atoms with Crippen LogP contribution in [0.2, 0.25) is 0 Å². The fourth-order valence-corrected chi connectivity index (χ4v) is 3.00. The Morgan fingerprint density at radius 3 is 2.79 bits per heavy atom. The summed E-state index contributed by atoms with van der Waals surface area (Å²) < 4.78 is 11.7. The minimum atomic E-state index is -0.477. The van der Waals surface area contributed by atoms with Crippen molar-refractivity contribution >= 4 is 30.0 Å². The summed E-state index contributed by atoms with van der Waals surface area (Å²) in [5.74, 6) is -0.360. The summed E-state index contributed by atoms with van der Waals surface area (Å²) in [6, 6.07) is 7.04. The molecule has 0 atom stereocenters. The lowest BCUT2D eigenvalue weighted by Gasteiger charge is -2.23. The average Bonchev–Trinajstić information content (AvgIpc) is 3.08. The molecule has 152 valence electrons. The van der Waals surface area contributed by atoms with Gasteiger partial charge in [0.15, 0.2) is 12.3 Å². The molecular formula is C18H24ClN5O4. The number of carbonyl (C=O) groups excluding carboxylic acids is 2. The Morgan fingerprint density at radius 2 is 2.07 bits per heavy atom. The lowest BCUT2D eigenvalue weighted by molar-refractivity contribution is -0.142. The summed E-state index contributed by atoms with van der Waals surface area (Å²) in [7, 11) is 1.29. The maximum Gasteiger partial charge on any atom is 0.343 e. The van der Waals surface area contributed by atoms with Crippen LogP contribution in [-0.4, -0.2) is 53.7 Å². The molecule has 2 N–H and O–H groups in total. The molecular weight excluding hydrogens is 386 g/mol. The number of amides is 1. The third kappa shape index (κ3) is 5.20. The van der Waals surface area contributed by atoms with Crippen LogP contribution in [0.15, 0.2) is 24.3 Å². The molecule has 0 saturated carbocycles. The average molecular weight is 410 g/mol. The molecule has 0 aliphatic carbocycles. The van der Waals surface area contributed by atoms with Crippen LogP contribution in [0.25, 0.3) is 0 Å². The zero-order valence-corrected chi connectivity index (χ0v) is 16.6. The highest BCUT2D eigenvalue weighted by molar-refractivity contribution is 6.03. The normalized spacial score (nSPS) is 14.1. The first-order chi connectivity index (χ1) is 13.1. The highest BCUT2D eigenvalue weighted by Gasteiger charge is 2.23. The minimum absolute atomic E-state index is 0. The molecule has 2 aromatic rings. The summed E-state index contributed by atoms with van der Waals surface area (Å²) in [5.41, 5.74) is 1.59. The Bertz CT molecular complexity index is 820. The van der Waals surface area contributed by atoms with Gasteiger partial charge in [-0.1, -0.05) is 11.3 Å². The largest absolute Gasteiger partial charge is 0.482 e. The molecule has 0 radical (unpaired) electrons. The highest BCUT2D eigenvalue weighted by atomic mass is 35.5. The molecule has 10 heteroatoms. The number of aromatic nitrogens is 3. The van der Waals surface area contributed by atoms with Crippen molar-refractivity contribution in [3.8, 4) is 5.75 Å². The van der Waals surface area contributed by atoms with Crippen molar-refractivity contribution in [1.82, 2.24) is 20.3 Å². The maximum absolute atomic E-state index is 12.6. The second-order valence-electron chi connectivity index (χ2n) is 6.30. The number of piperidine rings is 1. The van der Waals surface area contributed by atoms with Gasteiger partial charge in [0.25, 0.3) is 5.91 Å². The Balaban J connectivity index is 0.00000280. The molecule has 28 heavy (non-hydrogen) atoms. The van der Waals surface area contributed by atoms with Crippen molar-refractivity contribution in [1.29, 1.82) is 0 Å². The molecule has 0 bridgehead atoms. The number of esters is 1. The second kappa shape index (κ2) is 10.0. The minimum Gasteiger partial charge on any atom is -0.482 e. The van der Waals surface area contributed by atoms with E-state index in [2.05, 4.69) is 25.7 Å². The van der Waals surface area contributed by atoms with Gasteiger partial charge in [-0.25, -0.2) is 9.48 Å². The number of rotatable bonds is 6. The van der Waals surface area contributed by atoms with Crippen LogP contribution in [0.5, 0.6) is 5.75 Å². The van der Waals surface area contributed by atoms with Crippen molar-refractivity contribution < 1.29 is 19.1 Å². The Kier molecular flexibility index (Phi) is 7.77. The Morgan fingerprint density at radius 1 is 1.32 bits per heavy atom. The van der Waals surface area contributed by atoms with Gasteiger partial charge < -0.3 is 20.1 Å². The van der Waals surface area contributed by atoms with Crippen LogP contribution < -0.4 is 15.4 Å². The molecule has 9 nitrogen and oxygen atoms in total. The van der Waals surface area contributed by atoms with Gasteiger partial charge in [0.1, 0.15) is 5.75 Å². The predicted octanol–water partition coefficient (Wildman–Crippen LogP) is 1.74. The number of benzene rings is 1. The smallest absolute Gasteiger partial charge is 0.343 e. The first-order valence-electron chi connectivity index (χ1n) is 8.82. The van der Waals surface area contributed by atoms with E-state index in [-0.39, 0.29) is 31.0 Å². The summed E-state index contributed by atoms with van der Waals surface area (Å²) in [5, 5.41) is 14.4. The number of nitrogens with one attached hydrogen (secondary N) is 2. The van der Waals surface area contributed by atoms with E-state index in [1.807, 2.05) is 11.6 Å². The summed E-state index contributed by atoms with van der Waals surface area (Å²) in [4.78, 5) is 23.8. The van der Waals surface area contributed by atoms with Gasteiger partial charge in [0, 0.05) is 11.8 Å². The fourth-order valence-electron chi connectivity index (χ4n) is 3.00. The van der Waals surface area contributed by atoms with Gasteiger partial charge in [-0.3, -0.25) is 4.79 Å². The van der Waals surface area contributed by atoms with Crippen LogP contribution in [0.1, 0.15) is 35.1 Å². The van der Waals surface area contributed by atoms with E-state index in [1.165, 1.54) is 7.11 Å². The topological polar surface area (TPSA) is 107 Å². The molecule has 1 amide bonds. The van der Waals surface area contributed by atoms with Crippen molar-refractivity contribution in [3.63, 3.8) is 0 Å². The van der Waals surface area contributed by atoms with E-state index in [4.69, 9.17) is 4.74 Å². The number of methoxy groups -OCH3 is 1. The fraction of sp³-hybridized carbons (Fsp3) is 0.444. The van der Waals surface area contributed by atoms with Crippen LogP contribution in [0.3, 0.4) is 0 Å². The Labute approximate surface area is 169 Å². The van der Waals surface area contributed by atoms with Crippen molar-refractivity contribution in [2.45, 2.75) is 25.8 Å². The number of hydrogen-bond acceptors (Lipinski definition) is 7. The molecule has 1 aliphatic rings. The molecule has 3 rings (SSSR count). The molecule has 1 fully saturated rings. The zero-order valence-electron chi connectivity index (χ0n) is 15.8. The van der Waals surface area contributed by atoms with Gasteiger partial charge in [0.05, 0.1) is 18.8 Å². The first-order valence-corrected chi connectivity index (χ1v) is 8.82. The molecule has 1 aromatic heterocycles. The molecule has 1 aliphatic heterocycles. The highest BCUT2D eigenvalue weighted by Crippen LogP contribution is 2.22. The SMILES string of the molecule is COC(=O)COc1cccc(NC(=O)c2nnn(C3CCNCC3)c2C)c1.Cl. The summed E-state index contributed by atoms with van der Waals surface area (Å²) >= 11 is 0. The standard InChI is InChI=1S/C18H23N5O4.ClH/c1-12-17(21-22-23(12)14-6-8-19-9-7-14)18(25)20-13-4-3-5-15(10-13)27-11-16(24)26-2;/h3-5,10,14,19H,6-9,11H2,1-2H3,(H,20,25);1H. The number of hydrogen-bond donors (Lipinski definition) is 2. The van der Waals surface area contributed by atoms with Crippen LogP contribution >= 0.6 is 12.4 Å². The van der Waals surface area contributed by atoms with Crippen LogP contribution in [0.4, 0.5) is 5.69 Å². The zero-order chi connectivity index (χ0) is 19.2. The predicted molar refractivity (Wildman–Crippen MR) is 105 cm³/mol. The van der Waals surface area contributed by atoms with Crippen molar-refractivity contribution in [2.75, 3.05) is 32.1 Å². The number of ether oxygens (including phenoxy) is 2. The van der Waals surface area contributed by atoms with Gasteiger partial charge in [0.2, 0.25) is 0 Å². The van der Waals surface area contributed by atoms with Crippen LogP contribution in [0, 0.1) is 6.92 Å². The second-order valence-corrected chi connectivity index (χ2v) is 6.30. The van der Waals surface area contributed by atoms with E-state index in [0.717, 1.165) is 31.6 Å². The third-order valence-electron chi connectivity index (χ3n) is 4.47. The monoisotopic (exact) mass is 409 g/mol. The number of nitrogens with zero attached hydrogens (tertiary/aromatic N) is 3. The Hall–Kier alpha value is -2.65. The molecule has 0 unspecified atom stereocenters. The summed E-state index contributed by atoms with van der Waals surface area (Å²) in [6.45, 7) is 3.53. The molecule has 1 saturated heterocycles. The first kappa shape index (κ1) is 21.6. The van der Waals surface area contributed by atoms with E-state index in [9.17, 15) is 9.59 Å². The van der Waals surface area contributed by atoms with E-state index in [1.54, 1.807) is 24.3 Å². The molecule has 0 spiro atoms. The third-order valence-corrected chi connectivity index (χ3v) is 4.47. The van der Waals surface area contributed by atoms with Crippen molar-refractivity contribution in [2.24, 2.45) is 0 Å². The number of carbonyl (C=O) groups is 2. The lowest BCUT2D eigenvalue weighted by Crippen LogP contribution is -2.30. The van der Waals surface area contributed by atoms with E-state index in [0.29, 0.717) is 17.1 Å². The lowest BCUT2D eigenvalue weighted by atomic mass is 10.1. The van der Waals surface area contributed by atoms with Crippen LogP contribution in [-0.2, 0) is 9.53 Å². The number of anilines is 1. The van der Waals surface area contributed by atoms with E-state index < -0.39 is 5.97 Å². The molecule has 1 aromatic carbocycles.